The van der Waals surface area contributed by atoms with E-state index in [9.17, 15) is 38.1 Å². The number of aryl methyl sites for hydroxylation is 1. The van der Waals surface area contributed by atoms with E-state index in [1.807, 2.05) is 0 Å². The van der Waals surface area contributed by atoms with Crippen LogP contribution >= 0.6 is 15.6 Å². The fraction of sp³-hybridized carbons (Fsp3) is 0.524. The number of rotatable bonds is 9. The van der Waals surface area contributed by atoms with E-state index in [1.165, 1.54) is 46.1 Å². The molecule has 5 heterocycles. The Morgan fingerprint density at radius 3 is 2.48 bits per heavy atom. The molecule has 0 bridgehead atoms. The highest BCUT2D eigenvalue weighted by molar-refractivity contribution is 7.47. The molecule has 4 aromatic heterocycles. The van der Waals surface area contributed by atoms with Crippen LogP contribution in [0.5, 0.6) is 0 Å². The van der Waals surface area contributed by atoms with Gasteiger partial charge in [-0.2, -0.15) is 0 Å². The number of nitrogens with two attached hydrogens (primary N) is 1. The second-order valence-electron chi connectivity index (χ2n) is 10.2. The predicted molar refractivity (Wildman–Crippen MR) is 143 cm³/mol. The molecule has 2 aliphatic rings. The summed E-state index contributed by atoms with van der Waals surface area (Å²) in [6, 6.07) is -1.15. The summed E-state index contributed by atoms with van der Waals surface area (Å²) in [6.07, 6.45) is -4.65. The van der Waals surface area contributed by atoms with Crippen molar-refractivity contribution in [2.24, 2.45) is 7.05 Å². The third-order valence-electron chi connectivity index (χ3n) is 7.31. The van der Waals surface area contributed by atoms with Crippen molar-refractivity contribution >= 4 is 43.8 Å². The number of aromatic nitrogens is 8. The van der Waals surface area contributed by atoms with Crippen LogP contribution < -0.4 is 11.3 Å². The van der Waals surface area contributed by atoms with Crippen LogP contribution in [-0.2, 0) is 34.5 Å². The summed E-state index contributed by atoms with van der Waals surface area (Å²) in [7, 11) is -8.73. The zero-order chi connectivity index (χ0) is 31.6. The Morgan fingerprint density at radius 1 is 1.02 bits per heavy atom. The van der Waals surface area contributed by atoms with Crippen LogP contribution in [-0.4, -0.2) is 95.6 Å². The summed E-state index contributed by atoms with van der Waals surface area (Å²) >= 11 is 0. The molecule has 1 aliphatic heterocycles. The minimum absolute atomic E-state index is 0.0165. The van der Waals surface area contributed by atoms with Crippen LogP contribution in [0.1, 0.15) is 25.1 Å². The number of nitrogen functional groups attached to an aromatic ring is 1. The van der Waals surface area contributed by atoms with E-state index in [0.717, 1.165) is 0 Å². The van der Waals surface area contributed by atoms with Crippen LogP contribution in [0.2, 0.25) is 0 Å². The monoisotopic (exact) mass is 661 g/mol. The largest absolute Gasteiger partial charge is 0.472 e. The van der Waals surface area contributed by atoms with Crippen molar-refractivity contribution < 1.29 is 51.6 Å². The summed E-state index contributed by atoms with van der Waals surface area (Å²) in [5.74, 6) is 0.0863. The number of alkyl halides is 1. The summed E-state index contributed by atoms with van der Waals surface area (Å²) in [5, 5.41) is 10.9. The van der Waals surface area contributed by atoms with Gasteiger partial charge in [-0.25, -0.2) is 38.4 Å². The van der Waals surface area contributed by atoms with Gasteiger partial charge in [0.2, 0.25) is 0 Å². The lowest BCUT2D eigenvalue weighted by atomic mass is 10.2. The number of phosphoric acid groups is 2. The third-order valence-corrected chi connectivity index (χ3v) is 8.84. The molecule has 0 amide bonds. The quantitative estimate of drug-likeness (QED) is 0.141. The number of fused-ring (bicyclic) bond motifs is 2. The van der Waals surface area contributed by atoms with Crippen LogP contribution in [0.3, 0.4) is 0 Å². The number of aliphatic hydroxyl groups excluding tert-OH is 1. The Morgan fingerprint density at radius 2 is 1.73 bits per heavy atom. The van der Waals surface area contributed by atoms with Crippen molar-refractivity contribution in [3.05, 3.63) is 35.7 Å². The molecule has 44 heavy (non-hydrogen) atoms. The van der Waals surface area contributed by atoms with E-state index in [1.54, 1.807) is 0 Å². The molecule has 20 nitrogen and oxygen atoms in total. The van der Waals surface area contributed by atoms with Crippen molar-refractivity contribution in [3.8, 4) is 0 Å². The molecule has 1 unspecified atom stereocenters. The molecule has 0 radical (unpaired) electrons. The van der Waals surface area contributed by atoms with E-state index in [4.69, 9.17) is 24.0 Å². The van der Waals surface area contributed by atoms with Gasteiger partial charge in [-0.05, 0) is 0 Å². The van der Waals surface area contributed by atoms with Crippen LogP contribution in [0.15, 0.2) is 30.1 Å². The summed E-state index contributed by atoms with van der Waals surface area (Å²) in [4.78, 5) is 61.8. The number of halogens is 1. The number of phosphoric ester groups is 2. The zero-order valence-corrected chi connectivity index (χ0v) is 24.3. The molecule has 1 saturated heterocycles. The second kappa shape index (κ2) is 11.3. The third kappa shape index (κ3) is 5.79. The SMILES string of the molecule is Cn1cnc2c(ncn2[C@@H]2C[C@H](OP(=O)(O)O)[C@@H](O)[C@H]2OP(=O)(O)OC[C@@H]2C[C@@H](F)[C@H](n3cnc4c(N)ncnc43)O2)c1=O. The molecule has 2 fully saturated rings. The van der Waals surface area contributed by atoms with Crippen molar-refractivity contribution in [1.29, 1.82) is 0 Å². The lowest BCUT2D eigenvalue weighted by Crippen LogP contribution is -2.34. The van der Waals surface area contributed by atoms with Crippen molar-refractivity contribution in [3.63, 3.8) is 0 Å². The molecule has 0 aromatic carbocycles. The molecule has 0 spiro atoms. The Kier molecular flexibility index (Phi) is 7.90. The molecular formula is C21H26FN9O11P2. The number of ether oxygens (including phenoxy) is 1. The van der Waals surface area contributed by atoms with E-state index in [2.05, 4.69) is 24.9 Å². The van der Waals surface area contributed by atoms with E-state index >= 15 is 0 Å². The van der Waals surface area contributed by atoms with Gasteiger partial charge in [0.05, 0.1) is 37.7 Å². The van der Waals surface area contributed by atoms with Gasteiger partial charge in [0.25, 0.3) is 5.56 Å². The van der Waals surface area contributed by atoms with Gasteiger partial charge in [0.15, 0.2) is 28.9 Å². The highest BCUT2D eigenvalue weighted by Gasteiger charge is 2.51. The van der Waals surface area contributed by atoms with Crippen molar-refractivity contribution in [2.75, 3.05) is 12.3 Å². The molecule has 1 saturated carbocycles. The highest BCUT2D eigenvalue weighted by Crippen LogP contribution is 2.52. The van der Waals surface area contributed by atoms with Gasteiger partial charge in [-0.3, -0.25) is 22.9 Å². The van der Waals surface area contributed by atoms with E-state index in [0.29, 0.717) is 0 Å². The first-order chi connectivity index (χ1) is 20.7. The number of anilines is 1. The Bertz CT molecular complexity index is 1860. The van der Waals surface area contributed by atoms with Crippen molar-refractivity contribution in [2.45, 2.75) is 55.7 Å². The molecule has 1 aliphatic carbocycles. The maximum atomic E-state index is 15.0. The normalized spacial score (nSPS) is 29.1. The number of hydrogen-bond donors (Lipinski definition) is 5. The Balaban J connectivity index is 1.19. The van der Waals surface area contributed by atoms with E-state index in [-0.39, 0.29) is 41.0 Å². The highest BCUT2D eigenvalue weighted by atomic mass is 31.2. The minimum atomic E-state index is -5.12. The van der Waals surface area contributed by atoms with Crippen LogP contribution in [0.4, 0.5) is 10.2 Å². The molecule has 6 rings (SSSR count). The van der Waals surface area contributed by atoms with Gasteiger partial charge >= 0.3 is 15.6 Å². The Hall–Kier alpha value is -3.23. The maximum Gasteiger partial charge on any atom is 0.472 e. The second-order valence-corrected chi connectivity index (χ2v) is 12.8. The lowest BCUT2D eigenvalue weighted by Gasteiger charge is -2.26. The average molecular weight is 661 g/mol. The molecule has 8 atom stereocenters. The summed E-state index contributed by atoms with van der Waals surface area (Å²) in [6.45, 7) is -0.615. The molecule has 4 aromatic rings. The predicted octanol–water partition coefficient (Wildman–Crippen LogP) is -0.537. The fourth-order valence-corrected chi connectivity index (χ4v) is 6.90. The van der Waals surface area contributed by atoms with Crippen LogP contribution in [0.25, 0.3) is 22.3 Å². The van der Waals surface area contributed by atoms with Gasteiger partial charge in [-0.1, -0.05) is 0 Å². The molecule has 238 valence electrons. The zero-order valence-electron chi connectivity index (χ0n) is 22.5. The Labute approximate surface area is 245 Å². The average Bonchev–Trinajstić information content (AvgIpc) is 3.71. The van der Waals surface area contributed by atoms with Gasteiger partial charge < -0.3 is 39.4 Å². The summed E-state index contributed by atoms with van der Waals surface area (Å²) < 4.78 is 64.1. The maximum absolute atomic E-state index is 15.0. The fourth-order valence-electron chi connectivity index (χ4n) is 5.34. The van der Waals surface area contributed by atoms with Gasteiger partial charge in [0.1, 0.15) is 36.3 Å². The topological polar surface area (TPSA) is 274 Å². The number of hydrogen-bond acceptors (Lipinski definition) is 14. The number of nitrogens with zero attached hydrogens (tertiary/aromatic N) is 8. The summed E-state index contributed by atoms with van der Waals surface area (Å²) in [5.41, 5.74) is 5.67. The van der Waals surface area contributed by atoms with Gasteiger partial charge in [0, 0.05) is 19.9 Å². The molecule has 6 N–H and O–H groups in total. The standard InChI is InChI=1S/C21H26FN9O11P2/c1-29-6-28-19-14(20(29)33)27-7-30(19)11-3-12(41-43(34,35)36)15(32)16(11)42-44(37,38)39-4-9-2-10(22)21(40-9)31-8-26-13-17(23)24-5-25-18(13)31/h5-12,15-16,21,32H,2-4H2,1H3,(H,37,38)(H2,23,24,25)(H2,34,35,36)/t9-,10+,11+,12-,15+,16-,21+/m0/s1. The molecular weight excluding hydrogens is 635 g/mol. The first kappa shape index (κ1) is 30.8. The number of aliphatic hydroxyl groups is 1. The van der Waals surface area contributed by atoms with Crippen molar-refractivity contribution in [1.82, 2.24) is 38.6 Å². The van der Waals surface area contributed by atoms with Gasteiger partial charge in [-0.15, -0.1) is 0 Å². The lowest BCUT2D eigenvalue weighted by molar-refractivity contribution is -0.0474. The molecule has 23 heteroatoms. The minimum Gasteiger partial charge on any atom is -0.388 e. The van der Waals surface area contributed by atoms with Crippen LogP contribution in [0, 0.1) is 0 Å². The first-order valence-corrected chi connectivity index (χ1v) is 15.9. The first-order valence-electron chi connectivity index (χ1n) is 12.9. The number of imidazole rings is 2. The smallest absolute Gasteiger partial charge is 0.388 e. The van der Waals surface area contributed by atoms with E-state index < -0.39 is 70.7 Å².